The molecule has 8 heteroatoms. The second-order valence-electron chi connectivity index (χ2n) is 7.09. The van der Waals surface area contributed by atoms with Gasteiger partial charge in [-0.05, 0) is 61.4 Å². The molecule has 0 spiro atoms. The number of aromatic nitrogens is 3. The van der Waals surface area contributed by atoms with Gasteiger partial charge in [-0.3, -0.25) is 4.79 Å². The molecule has 2 aromatic heterocycles. The molecule has 4 rings (SSSR count). The van der Waals surface area contributed by atoms with Crippen molar-refractivity contribution in [3.05, 3.63) is 71.7 Å². The highest BCUT2D eigenvalue weighted by Crippen LogP contribution is 2.26. The highest BCUT2D eigenvalue weighted by molar-refractivity contribution is 5.91. The van der Waals surface area contributed by atoms with Crippen molar-refractivity contribution in [1.29, 1.82) is 0 Å². The Morgan fingerprint density at radius 2 is 2.03 bits per heavy atom. The summed E-state index contributed by atoms with van der Waals surface area (Å²) in [4.78, 5) is 17.0. The van der Waals surface area contributed by atoms with Crippen molar-refractivity contribution < 1.29 is 18.4 Å². The smallest absolute Gasteiger partial charge is 0.274 e. The Hall–Kier alpha value is -3.94. The fourth-order valence-corrected chi connectivity index (χ4v) is 3.23. The number of anilines is 1. The zero-order valence-electron chi connectivity index (χ0n) is 17.3. The molecule has 0 saturated heterocycles. The van der Waals surface area contributed by atoms with E-state index in [9.17, 15) is 9.18 Å². The van der Waals surface area contributed by atoms with Crippen LogP contribution >= 0.6 is 0 Å². The van der Waals surface area contributed by atoms with E-state index in [0.29, 0.717) is 11.3 Å². The van der Waals surface area contributed by atoms with E-state index in [4.69, 9.17) is 9.26 Å². The number of nitrogens with zero attached hydrogens (tertiary/aromatic N) is 3. The standard InChI is InChI=1S/C23H21FN4O3/c1-14-6-4-7-18(15(14)2)25-21(29)13-28-11-5-8-19(28)23-26-22(27-31-23)16-9-10-20(30-3)17(24)12-16/h4-12H,13H2,1-3H3,(H,25,29). The molecule has 2 aromatic carbocycles. The van der Waals surface area contributed by atoms with Crippen molar-refractivity contribution in [2.75, 3.05) is 12.4 Å². The van der Waals surface area contributed by atoms with Crippen molar-refractivity contribution in [3.8, 4) is 28.7 Å². The van der Waals surface area contributed by atoms with E-state index in [1.165, 1.54) is 19.2 Å². The van der Waals surface area contributed by atoms with Crippen LogP contribution < -0.4 is 10.1 Å². The third-order valence-corrected chi connectivity index (χ3v) is 5.08. The zero-order chi connectivity index (χ0) is 22.0. The summed E-state index contributed by atoms with van der Waals surface area (Å²) in [5.74, 6) is -0.0861. The minimum atomic E-state index is -0.516. The average molecular weight is 420 g/mol. The highest BCUT2D eigenvalue weighted by atomic mass is 19.1. The number of methoxy groups -OCH3 is 1. The van der Waals surface area contributed by atoms with Gasteiger partial charge in [0.1, 0.15) is 12.2 Å². The summed E-state index contributed by atoms with van der Waals surface area (Å²) in [6.45, 7) is 4.04. The van der Waals surface area contributed by atoms with E-state index in [-0.39, 0.29) is 29.9 Å². The first-order valence-electron chi connectivity index (χ1n) is 9.65. The van der Waals surface area contributed by atoms with E-state index in [0.717, 1.165) is 16.8 Å². The molecule has 7 nitrogen and oxygen atoms in total. The number of hydrogen-bond acceptors (Lipinski definition) is 5. The number of hydrogen-bond donors (Lipinski definition) is 1. The first-order chi connectivity index (χ1) is 15.0. The Balaban J connectivity index is 1.53. The topological polar surface area (TPSA) is 82.2 Å². The molecule has 2 heterocycles. The number of amides is 1. The minimum Gasteiger partial charge on any atom is -0.494 e. The molecule has 0 bridgehead atoms. The van der Waals surface area contributed by atoms with Gasteiger partial charge in [-0.25, -0.2) is 4.39 Å². The van der Waals surface area contributed by atoms with Crippen molar-refractivity contribution in [3.63, 3.8) is 0 Å². The van der Waals surface area contributed by atoms with Crippen LogP contribution in [0.2, 0.25) is 0 Å². The first kappa shape index (κ1) is 20.3. The Bertz CT molecular complexity index is 1250. The van der Waals surface area contributed by atoms with Crippen molar-refractivity contribution in [2.45, 2.75) is 20.4 Å². The molecular formula is C23H21FN4O3. The van der Waals surface area contributed by atoms with E-state index in [1.807, 2.05) is 32.0 Å². The maximum Gasteiger partial charge on any atom is 0.274 e. The summed E-state index contributed by atoms with van der Waals surface area (Å²) in [6.07, 6.45) is 1.76. The molecule has 158 valence electrons. The summed E-state index contributed by atoms with van der Waals surface area (Å²) in [5.41, 5.74) is 3.95. The van der Waals surface area contributed by atoms with Gasteiger partial charge < -0.3 is 19.1 Å². The number of aryl methyl sites for hydroxylation is 1. The van der Waals surface area contributed by atoms with Crippen LogP contribution in [0.1, 0.15) is 11.1 Å². The van der Waals surface area contributed by atoms with E-state index >= 15 is 0 Å². The van der Waals surface area contributed by atoms with Gasteiger partial charge in [0.05, 0.1) is 7.11 Å². The molecule has 0 aliphatic rings. The maximum atomic E-state index is 14.0. The number of ether oxygens (including phenoxy) is 1. The molecule has 1 N–H and O–H groups in total. The van der Waals surface area contributed by atoms with E-state index in [1.54, 1.807) is 29.0 Å². The Kier molecular flexibility index (Phi) is 5.53. The van der Waals surface area contributed by atoms with Gasteiger partial charge in [-0.2, -0.15) is 4.98 Å². The van der Waals surface area contributed by atoms with Crippen molar-refractivity contribution in [1.82, 2.24) is 14.7 Å². The lowest BCUT2D eigenvalue weighted by atomic mass is 10.1. The number of carbonyl (C=O) groups excluding carboxylic acids is 1. The normalized spacial score (nSPS) is 10.8. The van der Waals surface area contributed by atoms with Crippen LogP contribution in [-0.2, 0) is 11.3 Å². The molecule has 4 aromatic rings. The molecule has 0 atom stereocenters. The molecule has 0 unspecified atom stereocenters. The second-order valence-corrected chi connectivity index (χ2v) is 7.09. The largest absolute Gasteiger partial charge is 0.494 e. The summed E-state index contributed by atoms with van der Waals surface area (Å²) < 4.78 is 26.0. The first-order valence-corrected chi connectivity index (χ1v) is 9.65. The van der Waals surface area contributed by atoms with Gasteiger partial charge in [0.15, 0.2) is 11.6 Å². The molecule has 1 amide bonds. The molecule has 0 fully saturated rings. The van der Waals surface area contributed by atoms with Crippen LogP contribution in [0.15, 0.2) is 59.3 Å². The van der Waals surface area contributed by atoms with Gasteiger partial charge in [-0.1, -0.05) is 17.3 Å². The number of rotatable bonds is 6. The summed E-state index contributed by atoms with van der Waals surface area (Å²) in [5, 5.41) is 6.88. The van der Waals surface area contributed by atoms with Gasteiger partial charge in [0.25, 0.3) is 5.89 Å². The quantitative estimate of drug-likeness (QED) is 0.493. The fourth-order valence-electron chi connectivity index (χ4n) is 3.23. The number of carbonyl (C=O) groups is 1. The van der Waals surface area contributed by atoms with Crippen LogP contribution in [0.4, 0.5) is 10.1 Å². The third kappa shape index (κ3) is 4.18. The molecule has 0 radical (unpaired) electrons. The number of halogens is 1. The Labute approximate surface area is 178 Å². The lowest BCUT2D eigenvalue weighted by molar-refractivity contribution is -0.116. The van der Waals surface area contributed by atoms with Crippen LogP contribution in [-0.4, -0.2) is 27.7 Å². The van der Waals surface area contributed by atoms with E-state index in [2.05, 4.69) is 15.5 Å². The van der Waals surface area contributed by atoms with Gasteiger partial charge in [0, 0.05) is 17.4 Å². The lowest BCUT2D eigenvalue weighted by Crippen LogP contribution is -2.19. The highest BCUT2D eigenvalue weighted by Gasteiger charge is 2.17. The van der Waals surface area contributed by atoms with Crippen LogP contribution in [0.3, 0.4) is 0 Å². The molecular weight excluding hydrogens is 399 g/mol. The minimum absolute atomic E-state index is 0.0740. The molecule has 31 heavy (non-hydrogen) atoms. The monoisotopic (exact) mass is 420 g/mol. The van der Waals surface area contributed by atoms with Gasteiger partial charge in [0.2, 0.25) is 11.7 Å². The number of benzene rings is 2. The lowest BCUT2D eigenvalue weighted by Gasteiger charge is -2.11. The second kappa shape index (κ2) is 8.43. The van der Waals surface area contributed by atoms with Crippen molar-refractivity contribution >= 4 is 11.6 Å². The van der Waals surface area contributed by atoms with Crippen LogP contribution in [0, 0.1) is 19.7 Å². The molecule has 0 aliphatic carbocycles. The average Bonchev–Trinajstić information content (AvgIpc) is 3.41. The van der Waals surface area contributed by atoms with Crippen molar-refractivity contribution in [2.24, 2.45) is 0 Å². The van der Waals surface area contributed by atoms with Crippen LogP contribution in [0.25, 0.3) is 23.0 Å². The fraction of sp³-hybridized carbons (Fsp3) is 0.174. The summed E-state index contributed by atoms with van der Waals surface area (Å²) in [6, 6.07) is 13.8. The number of nitrogens with one attached hydrogen (secondary N) is 1. The molecule has 0 saturated carbocycles. The van der Waals surface area contributed by atoms with Crippen LogP contribution in [0.5, 0.6) is 5.75 Å². The summed E-state index contributed by atoms with van der Waals surface area (Å²) in [7, 11) is 1.40. The van der Waals surface area contributed by atoms with E-state index < -0.39 is 5.82 Å². The Morgan fingerprint density at radius 1 is 1.19 bits per heavy atom. The molecule has 0 aliphatic heterocycles. The maximum absolute atomic E-state index is 14.0. The summed E-state index contributed by atoms with van der Waals surface area (Å²) >= 11 is 0. The predicted molar refractivity (Wildman–Crippen MR) is 114 cm³/mol. The Morgan fingerprint density at radius 3 is 2.81 bits per heavy atom. The SMILES string of the molecule is COc1ccc(-c2noc(-c3cccn3CC(=O)Nc3cccc(C)c3C)n2)cc1F. The zero-order valence-corrected chi connectivity index (χ0v) is 17.3. The van der Waals surface area contributed by atoms with Gasteiger partial charge >= 0.3 is 0 Å². The predicted octanol–water partition coefficient (Wildman–Crippen LogP) is 4.61. The van der Waals surface area contributed by atoms with Gasteiger partial charge in [-0.15, -0.1) is 0 Å². The third-order valence-electron chi connectivity index (χ3n) is 5.08.